The number of hydrogen-bond donors (Lipinski definition) is 1. The summed E-state index contributed by atoms with van der Waals surface area (Å²) >= 11 is 0. The molecule has 1 amide bonds. The molecule has 0 bridgehead atoms. The third-order valence-electron chi connectivity index (χ3n) is 3.49. The van der Waals surface area contributed by atoms with Gasteiger partial charge in [0.15, 0.2) is 6.10 Å². The van der Waals surface area contributed by atoms with Crippen molar-refractivity contribution in [3.05, 3.63) is 71.8 Å². The molecule has 0 saturated carbocycles. The zero-order valence-electron chi connectivity index (χ0n) is 13.2. The van der Waals surface area contributed by atoms with E-state index in [-0.39, 0.29) is 18.3 Å². The second kappa shape index (κ2) is 10.0. The van der Waals surface area contributed by atoms with Crippen molar-refractivity contribution in [3.63, 3.8) is 0 Å². The van der Waals surface area contributed by atoms with E-state index in [1.807, 2.05) is 60.7 Å². The number of rotatable bonds is 7. The van der Waals surface area contributed by atoms with Gasteiger partial charge in [-0.25, -0.2) is 0 Å². The second-order valence-corrected chi connectivity index (χ2v) is 5.06. The number of benzene rings is 2. The van der Waals surface area contributed by atoms with Crippen LogP contribution in [0.3, 0.4) is 0 Å². The summed E-state index contributed by atoms with van der Waals surface area (Å²) in [5.41, 5.74) is 7.59. The highest BCUT2D eigenvalue weighted by Crippen LogP contribution is 2.20. The maximum Gasteiger partial charge on any atom is 0.256 e. The summed E-state index contributed by atoms with van der Waals surface area (Å²) in [7, 11) is 1.55. The van der Waals surface area contributed by atoms with Crippen molar-refractivity contribution in [2.24, 2.45) is 5.73 Å². The molecular weight excluding hydrogens is 312 g/mol. The summed E-state index contributed by atoms with van der Waals surface area (Å²) < 4.78 is 5.43. The van der Waals surface area contributed by atoms with Crippen LogP contribution in [0.4, 0.5) is 0 Å². The van der Waals surface area contributed by atoms with Crippen LogP contribution in [0.1, 0.15) is 17.2 Å². The third-order valence-corrected chi connectivity index (χ3v) is 3.49. The van der Waals surface area contributed by atoms with E-state index in [9.17, 15) is 4.79 Å². The molecule has 2 rings (SSSR count). The third kappa shape index (κ3) is 5.36. The molecule has 0 fully saturated rings. The Hall–Kier alpha value is -1.88. The van der Waals surface area contributed by atoms with Crippen LogP contribution in [0, 0.1) is 0 Å². The van der Waals surface area contributed by atoms with Crippen LogP contribution in [0.15, 0.2) is 60.7 Å². The maximum atomic E-state index is 12.8. The zero-order chi connectivity index (χ0) is 15.8. The van der Waals surface area contributed by atoms with Gasteiger partial charge in [0.05, 0.1) is 0 Å². The van der Waals surface area contributed by atoms with Crippen LogP contribution in [0.25, 0.3) is 0 Å². The molecule has 1 atom stereocenters. The average molecular weight is 335 g/mol. The number of ether oxygens (including phenoxy) is 1. The summed E-state index contributed by atoms with van der Waals surface area (Å²) in [6, 6.07) is 19.4. The predicted molar refractivity (Wildman–Crippen MR) is 94.4 cm³/mol. The van der Waals surface area contributed by atoms with Crippen LogP contribution in [0.5, 0.6) is 0 Å². The van der Waals surface area contributed by atoms with Crippen LogP contribution in [-0.2, 0) is 16.1 Å². The van der Waals surface area contributed by atoms with Crippen LogP contribution >= 0.6 is 12.4 Å². The van der Waals surface area contributed by atoms with Crippen molar-refractivity contribution in [1.82, 2.24) is 4.90 Å². The minimum Gasteiger partial charge on any atom is -0.367 e. The van der Waals surface area contributed by atoms with E-state index in [1.165, 1.54) is 0 Å². The molecule has 1 unspecified atom stereocenters. The molecule has 0 spiro atoms. The lowest BCUT2D eigenvalue weighted by Gasteiger charge is -2.26. The van der Waals surface area contributed by atoms with Crippen molar-refractivity contribution in [2.45, 2.75) is 12.6 Å². The fourth-order valence-electron chi connectivity index (χ4n) is 2.40. The number of amides is 1. The first-order chi connectivity index (χ1) is 10.8. The standard InChI is InChI=1S/C18H22N2O2.ClH/c1-22-17(16-10-6-3-7-11-16)18(21)20(13-12-19)14-15-8-4-2-5-9-15;/h2-11,17H,12-14,19H2,1H3;1H. The molecule has 0 aliphatic heterocycles. The Balaban J connectivity index is 0.00000264. The highest BCUT2D eigenvalue weighted by atomic mass is 35.5. The Labute approximate surface area is 143 Å². The molecule has 0 aliphatic carbocycles. The highest BCUT2D eigenvalue weighted by Gasteiger charge is 2.25. The van der Waals surface area contributed by atoms with E-state index < -0.39 is 6.10 Å². The minimum absolute atomic E-state index is 0. The molecule has 0 aliphatic rings. The van der Waals surface area contributed by atoms with E-state index in [0.717, 1.165) is 11.1 Å². The first-order valence-corrected chi connectivity index (χ1v) is 7.36. The largest absolute Gasteiger partial charge is 0.367 e. The Kier molecular flexibility index (Phi) is 8.33. The monoisotopic (exact) mass is 334 g/mol. The molecule has 0 radical (unpaired) electrons. The SMILES string of the molecule is COC(C(=O)N(CCN)Cc1ccccc1)c1ccccc1.Cl. The summed E-state index contributed by atoms with van der Waals surface area (Å²) in [6.45, 7) is 1.45. The Morgan fingerprint density at radius 3 is 2.17 bits per heavy atom. The fraction of sp³-hybridized carbons (Fsp3) is 0.278. The zero-order valence-corrected chi connectivity index (χ0v) is 14.0. The van der Waals surface area contributed by atoms with Crippen LogP contribution in [-0.4, -0.2) is 31.0 Å². The van der Waals surface area contributed by atoms with E-state index >= 15 is 0 Å². The first kappa shape index (κ1) is 19.2. The smallest absolute Gasteiger partial charge is 0.256 e. The Morgan fingerprint density at radius 1 is 1.09 bits per heavy atom. The van der Waals surface area contributed by atoms with Gasteiger partial charge < -0.3 is 15.4 Å². The van der Waals surface area contributed by atoms with Crippen LogP contribution in [0.2, 0.25) is 0 Å². The molecule has 124 valence electrons. The molecule has 5 heteroatoms. The number of nitrogens with zero attached hydrogens (tertiary/aromatic N) is 1. The number of nitrogens with two attached hydrogens (primary N) is 1. The fourth-order valence-corrected chi connectivity index (χ4v) is 2.40. The Morgan fingerprint density at radius 2 is 1.65 bits per heavy atom. The summed E-state index contributed by atoms with van der Waals surface area (Å²) in [4.78, 5) is 14.6. The number of methoxy groups -OCH3 is 1. The van der Waals surface area contributed by atoms with Crippen LogP contribution < -0.4 is 5.73 Å². The van der Waals surface area contributed by atoms with Crippen molar-refractivity contribution in [1.29, 1.82) is 0 Å². The summed E-state index contributed by atoms with van der Waals surface area (Å²) in [5.74, 6) is -0.0667. The average Bonchev–Trinajstić information content (AvgIpc) is 2.57. The summed E-state index contributed by atoms with van der Waals surface area (Å²) in [5, 5.41) is 0. The number of carbonyl (C=O) groups is 1. The molecule has 2 N–H and O–H groups in total. The van der Waals surface area contributed by atoms with Crippen molar-refractivity contribution >= 4 is 18.3 Å². The molecule has 2 aromatic carbocycles. The highest BCUT2D eigenvalue weighted by molar-refractivity contribution is 5.85. The second-order valence-electron chi connectivity index (χ2n) is 5.06. The number of carbonyl (C=O) groups excluding carboxylic acids is 1. The van der Waals surface area contributed by atoms with Gasteiger partial charge in [0, 0.05) is 26.7 Å². The predicted octanol–water partition coefficient (Wildman–Crippen LogP) is 2.78. The maximum absolute atomic E-state index is 12.8. The van der Waals surface area contributed by atoms with Gasteiger partial charge in [-0.05, 0) is 11.1 Å². The van der Waals surface area contributed by atoms with Gasteiger partial charge in [0.2, 0.25) is 0 Å². The van der Waals surface area contributed by atoms with Crippen molar-refractivity contribution in [3.8, 4) is 0 Å². The minimum atomic E-state index is -0.600. The number of halogens is 1. The molecule has 0 heterocycles. The molecule has 4 nitrogen and oxygen atoms in total. The lowest BCUT2D eigenvalue weighted by Crippen LogP contribution is -2.38. The quantitative estimate of drug-likeness (QED) is 0.847. The van der Waals surface area contributed by atoms with Gasteiger partial charge in [-0.15, -0.1) is 12.4 Å². The topological polar surface area (TPSA) is 55.6 Å². The van der Waals surface area contributed by atoms with E-state index in [4.69, 9.17) is 10.5 Å². The Bertz CT molecular complexity index is 578. The van der Waals surface area contributed by atoms with Gasteiger partial charge in [-0.2, -0.15) is 0 Å². The van der Waals surface area contributed by atoms with Gasteiger partial charge >= 0.3 is 0 Å². The summed E-state index contributed by atoms with van der Waals surface area (Å²) in [6.07, 6.45) is -0.600. The van der Waals surface area contributed by atoms with Gasteiger partial charge in [-0.3, -0.25) is 4.79 Å². The lowest BCUT2D eigenvalue weighted by atomic mass is 10.1. The molecule has 0 aromatic heterocycles. The molecule has 2 aromatic rings. The van der Waals surface area contributed by atoms with E-state index in [1.54, 1.807) is 12.0 Å². The van der Waals surface area contributed by atoms with Gasteiger partial charge in [-0.1, -0.05) is 60.7 Å². The lowest BCUT2D eigenvalue weighted by molar-refractivity contribution is -0.143. The molecular formula is C18H23ClN2O2. The van der Waals surface area contributed by atoms with E-state index in [2.05, 4.69) is 0 Å². The molecule has 23 heavy (non-hydrogen) atoms. The van der Waals surface area contributed by atoms with Gasteiger partial charge in [0.1, 0.15) is 0 Å². The van der Waals surface area contributed by atoms with Crippen molar-refractivity contribution < 1.29 is 9.53 Å². The first-order valence-electron chi connectivity index (χ1n) is 7.36. The normalized spacial score (nSPS) is 11.4. The van der Waals surface area contributed by atoms with Crippen molar-refractivity contribution in [2.75, 3.05) is 20.2 Å². The number of hydrogen-bond acceptors (Lipinski definition) is 3. The molecule has 0 saturated heterocycles. The van der Waals surface area contributed by atoms with Gasteiger partial charge in [0.25, 0.3) is 5.91 Å². The van der Waals surface area contributed by atoms with E-state index in [0.29, 0.717) is 19.6 Å².